The molecule has 1 aliphatic heterocycles. The van der Waals surface area contributed by atoms with Crippen molar-refractivity contribution >= 4 is 11.7 Å². The summed E-state index contributed by atoms with van der Waals surface area (Å²) in [6.07, 6.45) is 5.53. The first-order valence-electron chi connectivity index (χ1n) is 6.62. The summed E-state index contributed by atoms with van der Waals surface area (Å²) in [7, 11) is 1.40. The van der Waals surface area contributed by atoms with Crippen molar-refractivity contribution in [3.05, 3.63) is 36.4 Å². The molecule has 2 heterocycles. The highest BCUT2D eigenvalue weighted by molar-refractivity contribution is 5.96. The zero-order valence-corrected chi connectivity index (χ0v) is 11.3. The van der Waals surface area contributed by atoms with Crippen molar-refractivity contribution in [2.75, 3.05) is 25.1 Å². The quantitative estimate of drug-likeness (QED) is 0.795. The van der Waals surface area contributed by atoms with Gasteiger partial charge in [-0.2, -0.15) is 0 Å². The van der Waals surface area contributed by atoms with E-state index in [1.165, 1.54) is 7.11 Å². The smallest absolute Gasteiger partial charge is 0.340 e. The van der Waals surface area contributed by atoms with Crippen LogP contribution in [0.3, 0.4) is 0 Å². The van der Waals surface area contributed by atoms with E-state index in [-0.39, 0.29) is 5.97 Å². The molecule has 1 saturated heterocycles. The molecule has 0 atom stereocenters. The first-order valence-corrected chi connectivity index (χ1v) is 6.62. The number of esters is 1. The molecule has 0 radical (unpaired) electrons. The minimum atomic E-state index is -0.318. The van der Waals surface area contributed by atoms with E-state index in [9.17, 15) is 4.79 Å². The molecule has 6 heteroatoms. The standard InChI is InChI=1S/C14H16N4O2/c1-20-14(19)12-8-11(18-9-15-16-10-18)4-5-13(12)17-6-2-3-7-17/h4-5,8-10H,2-3,6-7H2,1H3. The molecule has 0 saturated carbocycles. The van der Waals surface area contributed by atoms with Gasteiger partial charge in [-0.3, -0.25) is 4.57 Å². The minimum absolute atomic E-state index is 0.318. The van der Waals surface area contributed by atoms with Gasteiger partial charge in [-0.15, -0.1) is 10.2 Å². The maximum absolute atomic E-state index is 12.0. The fourth-order valence-electron chi connectivity index (χ4n) is 2.53. The lowest BCUT2D eigenvalue weighted by Gasteiger charge is -2.21. The number of hydrogen-bond acceptors (Lipinski definition) is 5. The summed E-state index contributed by atoms with van der Waals surface area (Å²) in [5, 5.41) is 7.56. The van der Waals surface area contributed by atoms with Crippen molar-refractivity contribution < 1.29 is 9.53 Å². The Bertz CT molecular complexity index is 604. The van der Waals surface area contributed by atoms with Crippen molar-refractivity contribution in [2.45, 2.75) is 12.8 Å². The van der Waals surface area contributed by atoms with Crippen LogP contribution < -0.4 is 4.90 Å². The summed E-state index contributed by atoms with van der Waals surface area (Å²) in [6, 6.07) is 5.75. The van der Waals surface area contributed by atoms with Crippen molar-refractivity contribution in [3.8, 4) is 5.69 Å². The Morgan fingerprint density at radius 1 is 1.20 bits per heavy atom. The summed E-state index contributed by atoms with van der Waals surface area (Å²) < 4.78 is 6.67. The summed E-state index contributed by atoms with van der Waals surface area (Å²) in [5.74, 6) is -0.318. The van der Waals surface area contributed by atoms with E-state index in [0.717, 1.165) is 37.3 Å². The summed E-state index contributed by atoms with van der Waals surface area (Å²) in [6.45, 7) is 1.96. The second-order valence-electron chi connectivity index (χ2n) is 4.76. The van der Waals surface area contributed by atoms with Gasteiger partial charge in [-0.1, -0.05) is 0 Å². The number of hydrogen-bond donors (Lipinski definition) is 0. The van der Waals surface area contributed by atoms with Gasteiger partial charge in [-0.05, 0) is 31.0 Å². The fraction of sp³-hybridized carbons (Fsp3) is 0.357. The zero-order valence-electron chi connectivity index (χ0n) is 11.3. The van der Waals surface area contributed by atoms with Crippen LogP contribution in [0.5, 0.6) is 0 Å². The van der Waals surface area contributed by atoms with E-state index >= 15 is 0 Å². The number of nitrogens with zero attached hydrogens (tertiary/aromatic N) is 4. The van der Waals surface area contributed by atoms with Crippen molar-refractivity contribution in [1.82, 2.24) is 14.8 Å². The third kappa shape index (κ3) is 2.24. The Balaban J connectivity index is 2.04. The third-order valence-corrected chi connectivity index (χ3v) is 3.55. The van der Waals surface area contributed by atoms with Crippen LogP contribution in [0.4, 0.5) is 5.69 Å². The summed E-state index contributed by atoms with van der Waals surface area (Å²) in [4.78, 5) is 14.2. The van der Waals surface area contributed by atoms with Gasteiger partial charge in [0.1, 0.15) is 12.7 Å². The molecule has 6 nitrogen and oxygen atoms in total. The molecule has 1 aromatic heterocycles. The van der Waals surface area contributed by atoms with Gasteiger partial charge in [0.15, 0.2) is 0 Å². The topological polar surface area (TPSA) is 60.3 Å². The molecule has 0 N–H and O–H groups in total. The van der Waals surface area contributed by atoms with Gasteiger partial charge in [0.05, 0.1) is 18.4 Å². The second kappa shape index (κ2) is 5.32. The largest absolute Gasteiger partial charge is 0.465 e. The number of anilines is 1. The minimum Gasteiger partial charge on any atom is -0.465 e. The van der Waals surface area contributed by atoms with E-state index in [2.05, 4.69) is 15.1 Å². The Morgan fingerprint density at radius 3 is 2.55 bits per heavy atom. The Labute approximate surface area is 117 Å². The van der Waals surface area contributed by atoms with E-state index in [1.807, 2.05) is 18.2 Å². The first-order chi connectivity index (χ1) is 9.79. The molecule has 1 aliphatic rings. The number of ether oxygens (including phenoxy) is 1. The Hall–Kier alpha value is -2.37. The molecule has 0 bridgehead atoms. The van der Waals surface area contributed by atoms with Crippen LogP contribution in [0.15, 0.2) is 30.9 Å². The van der Waals surface area contributed by atoms with Gasteiger partial charge in [0, 0.05) is 18.8 Å². The molecular formula is C14H16N4O2. The Kier molecular flexibility index (Phi) is 3.37. The molecule has 20 heavy (non-hydrogen) atoms. The number of carbonyl (C=O) groups excluding carboxylic acids is 1. The molecule has 0 amide bonds. The molecule has 1 fully saturated rings. The van der Waals surface area contributed by atoms with Gasteiger partial charge >= 0.3 is 5.97 Å². The highest BCUT2D eigenvalue weighted by Gasteiger charge is 2.20. The van der Waals surface area contributed by atoms with Gasteiger partial charge in [0.2, 0.25) is 0 Å². The van der Waals surface area contributed by atoms with Crippen LogP contribution in [0.25, 0.3) is 5.69 Å². The first kappa shape index (κ1) is 12.7. The maximum Gasteiger partial charge on any atom is 0.340 e. The average molecular weight is 272 g/mol. The van der Waals surface area contributed by atoms with Gasteiger partial charge in [-0.25, -0.2) is 4.79 Å². The molecule has 104 valence electrons. The van der Waals surface area contributed by atoms with Crippen LogP contribution >= 0.6 is 0 Å². The van der Waals surface area contributed by atoms with Crippen molar-refractivity contribution in [2.24, 2.45) is 0 Å². The third-order valence-electron chi connectivity index (χ3n) is 3.55. The number of benzene rings is 1. The monoisotopic (exact) mass is 272 g/mol. The SMILES string of the molecule is COC(=O)c1cc(-n2cnnc2)ccc1N1CCCC1. The number of aromatic nitrogens is 3. The van der Waals surface area contributed by atoms with Crippen LogP contribution in [-0.4, -0.2) is 40.9 Å². The molecule has 0 aliphatic carbocycles. The van der Waals surface area contributed by atoms with E-state index in [1.54, 1.807) is 17.2 Å². The van der Waals surface area contributed by atoms with Crippen LogP contribution in [0, 0.1) is 0 Å². The number of methoxy groups -OCH3 is 1. The fourth-order valence-corrected chi connectivity index (χ4v) is 2.53. The summed E-state index contributed by atoms with van der Waals surface area (Å²) in [5.41, 5.74) is 2.37. The predicted octanol–water partition coefficient (Wildman–Crippen LogP) is 1.65. The van der Waals surface area contributed by atoms with Crippen LogP contribution in [0.2, 0.25) is 0 Å². The lowest BCUT2D eigenvalue weighted by molar-refractivity contribution is 0.0601. The van der Waals surface area contributed by atoms with Gasteiger partial charge < -0.3 is 9.64 Å². The van der Waals surface area contributed by atoms with Crippen LogP contribution in [-0.2, 0) is 4.74 Å². The van der Waals surface area contributed by atoms with Gasteiger partial charge in [0.25, 0.3) is 0 Å². The molecule has 3 rings (SSSR count). The van der Waals surface area contributed by atoms with E-state index < -0.39 is 0 Å². The van der Waals surface area contributed by atoms with Crippen LogP contribution in [0.1, 0.15) is 23.2 Å². The van der Waals surface area contributed by atoms with E-state index in [4.69, 9.17) is 4.74 Å². The van der Waals surface area contributed by atoms with Crippen molar-refractivity contribution in [1.29, 1.82) is 0 Å². The number of rotatable bonds is 3. The molecule has 0 unspecified atom stereocenters. The maximum atomic E-state index is 12.0. The lowest BCUT2D eigenvalue weighted by atomic mass is 10.1. The Morgan fingerprint density at radius 2 is 1.90 bits per heavy atom. The second-order valence-corrected chi connectivity index (χ2v) is 4.76. The highest BCUT2D eigenvalue weighted by Crippen LogP contribution is 2.27. The molecular weight excluding hydrogens is 256 g/mol. The summed E-state index contributed by atoms with van der Waals surface area (Å²) >= 11 is 0. The lowest BCUT2D eigenvalue weighted by Crippen LogP contribution is -2.21. The number of carbonyl (C=O) groups is 1. The predicted molar refractivity (Wildman–Crippen MR) is 74.1 cm³/mol. The average Bonchev–Trinajstić information content (AvgIpc) is 3.18. The van der Waals surface area contributed by atoms with Crippen molar-refractivity contribution in [3.63, 3.8) is 0 Å². The normalized spacial score (nSPS) is 14.6. The van der Waals surface area contributed by atoms with E-state index in [0.29, 0.717) is 5.56 Å². The molecule has 1 aromatic carbocycles. The zero-order chi connectivity index (χ0) is 13.9. The molecule has 2 aromatic rings. The highest BCUT2D eigenvalue weighted by atomic mass is 16.5. The molecule has 0 spiro atoms.